The third kappa shape index (κ3) is 7.64. The molecule has 20 atom stereocenters. The van der Waals surface area contributed by atoms with E-state index in [9.17, 15) is 55.9 Å². The molecule has 4 aliphatic heterocycles. The van der Waals surface area contributed by atoms with Crippen LogP contribution in [0.1, 0.15) is 20.8 Å². The van der Waals surface area contributed by atoms with Crippen LogP contribution in [0.4, 0.5) is 0 Å². The molecule has 0 bridgehead atoms. The Morgan fingerprint density at radius 1 is 0.630 bits per heavy atom. The molecule has 4 rings (SSSR count). The van der Waals surface area contributed by atoms with Crippen LogP contribution in [-0.4, -0.2) is 193 Å². The minimum absolute atomic E-state index is 0.679. The van der Waals surface area contributed by atoms with Crippen LogP contribution >= 0.6 is 0 Å². The lowest BCUT2D eigenvalue weighted by molar-refractivity contribution is -0.381. The summed E-state index contributed by atoms with van der Waals surface area (Å²) in [4.78, 5) is 12.2. The molecule has 1 amide bonds. The van der Waals surface area contributed by atoms with E-state index in [1.54, 1.807) is 0 Å². The molecule has 4 saturated heterocycles. The topological polar surface area (TPSA) is 322 Å². The number of hydrogen-bond donors (Lipinski definition) is 12. The number of amides is 1. The van der Waals surface area contributed by atoms with Crippen molar-refractivity contribution in [2.75, 3.05) is 13.2 Å². The summed E-state index contributed by atoms with van der Waals surface area (Å²) in [5, 5.41) is 106. The Morgan fingerprint density at radius 3 is 1.59 bits per heavy atom. The summed E-state index contributed by atoms with van der Waals surface area (Å²) in [6.07, 6.45) is -28.1. The van der Waals surface area contributed by atoms with Crippen molar-refractivity contribution in [3.05, 3.63) is 0 Å². The summed E-state index contributed by atoms with van der Waals surface area (Å²) in [6.45, 7) is 2.32. The molecule has 46 heavy (non-hydrogen) atoms. The maximum absolute atomic E-state index is 12.2. The largest absolute Gasteiger partial charge is 0.394 e. The second kappa shape index (κ2) is 15.5. The number of aliphatic hydroxyl groups excluding tert-OH is 10. The summed E-state index contributed by atoms with van der Waals surface area (Å²) < 4.78 is 40.2. The number of nitrogens with two attached hydrogens (primary N) is 1. The Kier molecular flexibility index (Phi) is 12.7. The molecular weight excluding hydrogens is 628 g/mol. The Bertz CT molecular complexity index is 1000. The van der Waals surface area contributed by atoms with E-state index >= 15 is 0 Å². The van der Waals surface area contributed by atoms with Crippen molar-refractivity contribution >= 4 is 5.91 Å². The lowest BCUT2D eigenvalue weighted by Crippen LogP contribution is -2.70. The maximum Gasteiger partial charge on any atom is 0.217 e. The summed E-state index contributed by atoms with van der Waals surface area (Å²) in [7, 11) is 0. The number of aliphatic hydroxyl groups is 10. The summed E-state index contributed by atoms with van der Waals surface area (Å²) in [5.74, 6) is -0.679. The molecule has 268 valence electrons. The Morgan fingerprint density at radius 2 is 1.11 bits per heavy atom. The van der Waals surface area contributed by atoms with Crippen molar-refractivity contribution in [2.24, 2.45) is 5.73 Å². The van der Waals surface area contributed by atoms with Crippen LogP contribution < -0.4 is 11.1 Å². The van der Waals surface area contributed by atoms with Gasteiger partial charge in [0.25, 0.3) is 0 Å². The highest BCUT2D eigenvalue weighted by molar-refractivity contribution is 5.73. The van der Waals surface area contributed by atoms with Crippen molar-refractivity contribution in [1.82, 2.24) is 5.32 Å². The van der Waals surface area contributed by atoms with Crippen LogP contribution in [0.2, 0.25) is 0 Å². The maximum atomic E-state index is 12.2. The number of nitrogens with one attached hydrogen (secondary N) is 1. The first-order chi connectivity index (χ1) is 21.6. The lowest BCUT2D eigenvalue weighted by atomic mass is 9.93. The molecule has 20 heteroatoms. The van der Waals surface area contributed by atoms with Gasteiger partial charge in [0.1, 0.15) is 79.3 Å². The number of hydrogen-bond acceptors (Lipinski definition) is 19. The van der Waals surface area contributed by atoms with Gasteiger partial charge in [0.2, 0.25) is 5.91 Å². The van der Waals surface area contributed by atoms with Gasteiger partial charge in [-0.05, 0) is 13.8 Å². The number of rotatable bonds is 9. The molecule has 0 aromatic heterocycles. The van der Waals surface area contributed by atoms with Gasteiger partial charge < -0.3 is 95.3 Å². The van der Waals surface area contributed by atoms with Crippen LogP contribution in [0, 0.1) is 0 Å². The Labute approximate surface area is 263 Å². The summed E-state index contributed by atoms with van der Waals surface area (Å²) in [6, 6.07) is -2.92. The van der Waals surface area contributed by atoms with Crippen LogP contribution in [0.3, 0.4) is 0 Å². The van der Waals surface area contributed by atoms with Crippen LogP contribution in [0.5, 0.6) is 0 Å². The van der Waals surface area contributed by atoms with Crippen LogP contribution in [0.25, 0.3) is 0 Å². The smallest absolute Gasteiger partial charge is 0.217 e. The fourth-order valence-corrected chi connectivity index (χ4v) is 5.87. The molecule has 0 aromatic rings. The molecule has 0 spiro atoms. The third-order valence-electron chi connectivity index (χ3n) is 8.62. The fraction of sp³-hybridized carbons (Fsp3) is 0.962. The molecule has 20 nitrogen and oxygen atoms in total. The van der Waals surface area contributed by atoms with E-state index in [-0.39, 0.29) is 0 Å². The normalized spacial score (nSPS) is 51.9. The molecule has 4 aliphatic rings. The van der Waals surface area contributed by atoms with E-state index < -0.39 is 142 Å². The fourth-order valence-electron chi connectivity index (χ4n) is 5.87. The monoisotopic (exact) mass is 674 g/mol. The zero-order valence-electron chi connectivity index (χ0n) is 25.3. The van der Waals surface area contributed by atoms with Crippen molar-refractivity contribution < 1.29 is 89.0 Å². The highest BCUT2D eigenvalue weighted by Gasteiger charge is 2.55. The van der Waals surface area contributed by atoms with E-state index in [1.807, 2.05) is 0 Å². The average molecular weight is 675 g/mol. The van der Waals surface area contributed by atoms with Gasteiger partial charge in [0.15, 0.2) is 25.2 Å². The molecular formula is C26H46N2O18. The second-order valence-electron chi connectivity index (χ2n) is 11.9. The van der Waals surface area contributed by atoms with Crippen LogP contribution in [-0.2, 0) is 38.0 Å². The van der Waals surface area contributed by atoms with E-state index in [1.165, 1.54) is 13.8 Å². The van der Waals surface area contributed by atoms with Gasteiger partial charge in [-0.1, -0.05) is 0 Å². The van der Waals surface area contributed by atoms with Crippen molar-refractivity contribution in [1.29, 1.82) is 0 Å². The minimum Gasteiger partial charge on any atom is -0.394 e. The SMILES string of the molecule is CC(=O)N[C@H]1C(O)O[C@H](CO)[C@@H](O[C@@H]2O[C@@H](C)[C@@H](O)[C@@H](O)[C@@H]2O)[C@@H]1O[C@@H]1O[C@H](CO)[C@H](O)[C@H](N)[C@H]1O[C@@H]1O[C@@H](C)[C@@H](O)[C@@H](O)[C@@H]1O. The van der Waals surface area contributed by atoms with Crippen LogP contribution in [0.15, 0.2) is 0 Å². The predicted molar refractivity (Wildman–Crippen MR) is 145 cm³/mol. The molecule has 13 N–H and O–H groups in total. The molecule has 0 aliphatic carbocycles. The van der Waals surface area contributed by atoms with Gasteiger partial charge in [0.05, 0.1) is 31.5 Å². The first-order valence-electron chi connectivity index (χ1n) is 14.9. The van der Waals surface area contributed by atoms with Crippen molar-refractivity contribution in [2.45, 2.75) is 143 Å². The Hall–Kier alpha value is -1.25. The van der Waals surface area contributed by atoms with Gasteiger partial charge >= 0.3 is 0 Å². The molecule has 0 saturated carbocycles. The highest BCUT2D eigenvalue weighted by atomic mass is 16.8. The first kappa shape index (κ1) is 37.6. The summed E-state index contributed by atoms with van der Waals surface area (Å²) in [5.41, 5.74) is 6.27. The van der Waals surface area contributed by atoms with Gasteiger partial charge in [-0.25, -0.2) is 0 Å². The number of carbonyl (C=O) groups excluding carboxylic acids is 1. The molecule has 1 unspecified atom stereocenters. The van der Waals surface area contributed by atoms with Gasteiger partial charge in [-0.15, -0.1) is 0 Å². The zero-order chi connectivity index (χ0) is 34.2. The number of ether oxygens (including phenoxy) is 7. The standard InChI is InChI=1S/C26H46N2O18/c1-6-13(32)16(35)18(37)24(40-6)44-20-10(5-30)42-23(39)12(28-8(3)31)22(20)46-26-21(11(27)15(34)9(4-29)43-26)45-25-19(38)17(36)14(33)7(2)41-25/h6-7,9-26,29-30,32-39H,4-5,27H2,1-3H3,(H,28,31)/t6-,7-,9+,10+,11-,12+,13+,14+,15-,16+,17+,18-,19-,20+,21+,22+,23?,24-,25-,26-/m0/s1. The number of carbonyl (C=O) groups is 1. The minimum atomic E-state index is -1.84. The highest BCUT2D eigenvalue weighted by Crippen LogP contribution is 2.34. The van der Waals surface area contributed by atoms with Gasteiger partial charge in [-0.2, -0.15) is 0 Å². The molecule has 4 fully saturated rings. The molecule has 0 radical (unpaired) electrons. The van der Waals surface area contributed by atoms with Gasteiger partial charge in [0, 0.05) is 6.92 Å². The quantitative estimate of drug-likeness (QED) is 0.108. The van der Waals surface area contributed by atoms with E-state index in [0.717, 1.165) is 6.92 Å². The lowest BCUT2D eigenvalue weighted by Gasteiger charge is -2.50. The van der Waals surface area contributed by atoms with Crippen molar-refractivity contribution in [3.63, 3.8) is 0 Å². The molecule has 0 aromatic carbocycles. The zero-order valence-corrected chi connectivity index (χ0v) is 25.3. The molecule has 4 heterocycles. The van der Waals surface area contributed by atoms with E-state index in [2.05, 4.69) is 5.32 Å². The van der Waals surface area contributed by atoms with Crippen molar-refractivity contribution in [3.8, 4) is 0 Å². The Balaban J connectivity index is 1.69. The second-order valence-corrected chi connectivity index (χ2v) is 11.9. The predicted octanol–water partition coefficient (Wildman–Crippen LogP) is -7.58. The van der Waals surface area contributed by atoms with Gasteiger partial charge in [-0.3, -0.25) is 4.79 Å². The van der Waals surface area contributed by atoms with E-state index in [4.69, 9.17) is 38.9 Å². The van der Waals surface area contributed by atoms with E-state index in [0.29, 0.717) is 0 Å². The third-order valence-corrected chi connectivity index (χ3v) is 8.62. The summed E-state index contributed by atoms with van der Waals surface area (Å²) >= 11 is 0. The average Bonchev–Trinajstić information content (AvgIpc) is 3.01. The first-order valence-corrected chi connectivity index (χ1v) is 14.9.